The Kier molecular flexibility index (Phi) is 17.1. The van der Waals surface area contributed by atoms with Crippen molar-refractivity contribution in [2.75, 3.05) is 0 Å². The van der Waals surface area contributed by atoms with Crippen molar-refractivity contribution < 1.29 is 32.2 Å². The van der Waals surface area contributed by atoms with Gasteiger partial charge in [-0.1, -0.05) is 133 Å². The van der Waals surface area contributed by atoms with Crippen LogP contribution in [0.25, 0.3) is 21.5 Å². The SMILES string of the molecule is CC(C)C1CC[C@@H](C)C[C@H]1OP(Oc1cccc2cc3cccc(OP(O[C@@H]4C[C@H](C)CC[C@H]4C(C)C)O[C@@H]4C[C@H](C)CC[C@H]4C(C)C)c3c(O)c12)O[C@@H]1C[C@H](C)CC[C@H]1C(C)C. The van der Waals surface area contributed by atoms with Crippen molar-refractivity contribution in [2.45, 2.75) is 185 Å². The van der Waals surface area contributed by atoms with Crippen LogP contribution in [0, 0.1) is 71.0 Å². The Labute approximate surface area is 384 Å². The lowest BCUT2D eigenvalue weighted by molar-refractivity contribution is -0.00305. The maximum absolute atomic E-state index is 12.7. The number of hydrogen-bond donors (Lipinski definition) is 1. The van der Waals surface area contributed by atoms with Crippen LogP contribution in [-0.4, -0.2) is 29.5 Å². The third kappa shape index (κ3) is 12.1. The minimum absolute atomic E-state index is 0.0481. The fourth-order valence-corrected chi connectivity index (χ4v) is 14.7. The fraction of sp³-hybridized carbons (Fsp3) is 0.741. The molecule has 0 aliphatic heterocycles. The summed E-state index contributed by atoms with van der Waals surface area (Å²) in [6.45, 7) is 28.0. The van der Waals surface area contributed by atoms with Crippen LogP contribution in [-0.2, 0) is 18.1 Å². The molecule has 4 aliphatic rings. The minimum atomic E-state index is -1.80. The van der Waals surface area contributed by atoms with Crippen molar-refractivity contribution in [3.05, 3.63) is 42.5 Å². The Morgan fingerprint density at radius 3 is 1.00 bits per heavy atom. The van der Waals surface area contributed by atoms with E-state index in [4.69, 9.17) is 27.1 Å². The average Bonchev–Trinajstić information content (AvgIpc) is 3.20. The smallest absolute Gasteiger partial charge is 0.397 e. The number of hydrogen-bond acceptors (Lipinski definition) is 7. The van der Waals surface area contributed by atoms with E-state index in [0.29, 0.717) is 93.3 Å². The normalized spacial score (nSPS) is 32.7. The van der Waals surface area contributed by atoms with Crippen molar-refractivity contribution in [1.29, 1.82) is 0 Å². The van der Waals surface area contributed by atoms with Crippen molar-refractivity contribution in [3.63, 3.8) is 0 Å². The quantitative estimate of drug-likeness (QED) is 0.113. The average molecular weight is 907 g/mol. The van der Waals surface area contributed by atoms with E-state index in [9.17, 15) is 5.11 Å². The molecule has 7 nitrogen and oxygen atoms in total. The van der Waals surface area contributed by atoms with Crippen LogP contribution >= 0.6 is 17.2 Å². The minimum Gasteiger partial charge on any atom is -0.506 e. The second-order valence-corrected chi connectivity index (χ2v) is 24.5. The lowest BCUT2D eigenvalue weighted by Gasteiger charge is -2.41. The molecule has 2 unspecified atom stereocenters. The molecule has 0 saturated heterocycles. The van der Waals surface area contributed by atoms with E-state index in [-0.39, 0.29) is 30.2 Å². The van der Waals surface area contributed by atoms with Crippen LogP contribution < -0.4 is 9.05 Å². The second-order valence-electron chi connectivity index (χ2n) is 22.4. The van der Waals surface area contributed by atoms with E-state index in [0.717, 1.165) is 62.1 Å². The Morgan fingerprint density at radius 2 is 0.730 bits per heavy atom. The Morgan fingerprint density at radius 1 is 0.444 bits per heavy atom. The lowest BCUT2D eigenvalue weighted by atomic mass is 9.75. The molecule has 7 rings (SSSR count). The zero-order valence-corrected chi connectivity index (χ0v) is 42.8. The molecule has 1 N–H and O–H groups in total. The van der Waals surface area contributed by atoms with Gasteiger partial charge in [-0.15, -0.1) is 0 Å². The Balaban J connectivity index is 1.26. The lowest BCUT2D eigenvalue weighted by Crippen LogP contribution is -2.36. The molecule has 13 atom stereocenters. The van der Waals surface area contributed by atoms with Crippen molar-refractivity contribution in [2.24, 2.45) is 71.0 Å². The summed E-state index contributed by atoms with van der Waals surface area (Å²) in [5.41, 5.74) is 0. The highest BCUT2D eigenvalue weighted by Crippen LogP contribution is 2.56. The van der Waals surface area contributed by atoms with E-state index in [1.54, 1.807) is 0 Å². The van der Waals surface area contributed by atoms with E-state index in [1.165, 1.54) is 25.7 Å². The number of aromatic hydroxyl groups is 1. The van der Waals surface area contributed by atoms with Gasteiger partial charge in [-0.2, -0.15) is 0 Å². The van der Waals surface area contributed by atoms with Crippen molar-refractivity contribution >= 4 is 38.7 Å². The zero-order chi connectivity index (χ0) is 45.1. The van der Waals surface area contributed by atoms with E-state index in [2.05, 4.69) is 101 Å². The summed E-state index contributed by atoms with van der Waals surface area (Å²) >= 11 is 0. The predicted molar refractivity (Wildman–Crippen MR) is 263 cm³/mol. The van der Waals surface area contributed by atoms with Crippen molar-refractivity contribution in [1.82, 2.24) is 0 Å². The molecule has 63 heavy (non-hydrogen) atoms. The molecular weight excluding hydrogens is 823 g/mol. The highest BCUT2D eigenvalue weighted by Gasteiger charge is 2.41. The molecule has 4 aliphatic carbocycles. The molecule has 9 heteroatoms. The monoisotopic (exact) mass is 907 g/mol. The maximum Gasteiger partial charge on any atom is 0.397 e. The number of benzene rings is 3. The van der Waals surface area contributed by atoms with Gasteiger partial charge in [0.2, 0.25) is 0 Å². The first-order chi connectivity index (χ1) is 30.1. The van der Waals surface area contributed by atoms with Crippen LogP contribution in [0.2, 0.25) is 0 Å². The molecule has 0 bridgehead atoms. The summed E-state index contributed by atoms with van der Waals surface area (Å²) in [6.07, 6.45) is 13.7. The third-order valence-corrected chi connectivity index (χ3v) is 18.4. The van der Waals surface area contributed by atoms with Crippen LogP contribution in [0.4, 0.5) is 0 Å². The Bertz CT molecular complexity index is 1720. The van der Waals surface area contributed by atoms with Gasteiger partial charge in [0, 0.05) is 0 Å². The van der Waals surface area contributed by atoms with Crippen LogP contribution in [0.3, 0.4) is 0 Å². The van der Waals surface area contributed by atoms with Gasteiger partial charge in [-0.05, 0) is 151 Å². The van der Waals surface area contributed by atoms with E-state index < -0.39 is 17.2 Å². The molecule has 0 spiro atoms. The van der Waals surface area contributed by atoms with Gasteiger partial charge in [0.05, 0.1) is 35.2 Å². The van der Waals surface area contributed by atoms with E-state index in [1.807, 2.05) is 24.3 Å². The largest absolute Gasteiger partial charge is 0.506 e. The molecule has 3 aromatic carbocycles. The summed E-state index contributed by atoms with van der Waals surface area (Å²) in [6, 6.07) is 14.2. The molecule has 352 valence electrons. The first kappa shape index (κ1) is 49.2. The van der Waals surface area contributed by atoms with Gasteiger partial charge in [-0.3, -0.25) is 18.1 Å². The van der Waals surface area contributed by atoms with Gasteiger partial charge < -0.3 is 14.2 Å². The number of phenols is 1. The predicted octanol–water partition coefficient (Wildman–Crippen LogP) is 16.8. The molecule has 0 amide bonds. The van der Waals surface area contributed by atoms with Crippen LogP contribution in [0.5, 0.6) is 17.2 Å². The summed E-state index contributed by atoms with van der Waals surface area (Å²) in [5, 5.41) is 15.7. The molecule has 3 aromatic rings. The first-order valence-electron chi connectivity index (χ1n) is 25.4. The summed E-state index contributed by atoms with van der Waals surface area (Å²) < 4.78 is 42.8. The van der Waals surface area contributed by atoms with Gasteiger partial charge in [0.15, 0.2) is 0 Å². The molecule has 0 radical (unpaired) electrons. The third-order valence-electron chi connectivity index (χ3n) is 16.0. The first-order valence-corrected chi connectivity index (χ1v) is 27.6. The fourth-order valence-electron chi connectivity index (χ4n) is 12.0. The van der Waals surface area contributed by atoms with Gasteiger partial charge in [0.25, 0.3) is 0 Å². The highest BCUT2D eigenvalue weighted by molar-refractivity contribution is 7.42. The molecule has 0 heterocycles. The summed E-state index contributed by atoms with van der Waals surface area (Å²) in [7, 11) is -3.60. The molecule has 4 fully saturated rings. The van der Waals surface area contributed by atoms with Gasteiger partial charge >= 0.3 is 17.2 Å². The Hall–Kier alpha value is -1.72. The summed E-state index contributed by atoms with van der Waals surface area (Å²) in [4.78, 5) is 0. The number of phenolic OH excluding ortho intramolecular Hbond substituents is 1. The van der Waals surface area contributed by atoms with Gasteiger partial charge in [-0.25, -0.2) is 0 Å². The number of rotatable bonds is 16. The van der Waals surface area contributed by atoms with Gasteiger partial charge in [0.1, 0.15) is 17.2 Å². The molecule has 4 saturated carbocycles. The summed E-state index contributed by atoms with van der Waals surface area (Å²) in [5.74, 6) is 7.36. The van der Waals surface area contributed by atoms with Crippen LogP contribution in [0.1, 0.15) is 160 Å². The van der Waals surface area contributed by atoms with E-state index >= 15 is 0 Å². The molecular formula is C54H84O7P2. The number of fused-ring (bicyclic) bond motifs is 2. The van der Waals surface area contributed by atoms with Crippen molar-refractivity contribution in [3.8, 4) is 17.2 Å². The maximum atomic E-state index is 12.7. The second kappa shape index (κ2) is 21.9. The zero-order valence-electron chi connectivity index (χ0n) is 41.1. The topological polar surface area (TPSA) is 75.6 Å². The highest BCUT2D eigenvalue weighted by atomic mass is 31.2. The van der Waals surface area contributed by atoms with Crippen LogP contribution in [0.15, 0.2) is 42.5 Å². The standard InChI is InChI=1S/C54H84O7P2/c1-32(2)42-23-19-36(9)27-48(42)58-62(59-49-28-37(10)20-24-43(49)33(3)4)56-46-17-13-15-40-31-41-16-14-18-47(53(41)54(55)52(40)46)57-63(60-50-29-38(11)21-25-44(50)34(5)6)61-51-30-39(12)22-26-45(51)35(7)8/h13-18,31-39,42-45,48-51,55H,19-30H2,1-12H3/t36-,37-,38-,39-,42+,43+,44+,45?,48-,49-,50-,51-,63?/m1/s1. The molecule has 0 aromatic heterocycles.